The quantitative estimate of drug-likeness (QED) is 0.556. The molecule has 3 aromatic rings. The van der Waals surface area contributed by atoms with Gasteiger partial charge >= 0.3 is 0 Å². The zero-order valence-electron chi connectivity index (χ0n) is 15.1. The van der Waals surface area contributed by atoms with Crippen molar-refractivity contribution in [3.05, 3.63) is 74.3 Å². The summed E-state index contributed by atoms with van der Waals surface area (Å²) in [6.07, 6.45) is 3.76. The summed E-state index contributed by atoms with van der Waals surface area (Å²) in [5, 5.41) is 14.0. The Morgan fingerprint density at radius 1 is 1.14 bits per heavy atom. The molecule has 1 aromatic heterocycles. The fourth-order valence-corrected chi connectivity index (χ4v) is 3.46. The van der Waals surface area contributed by atoms with Gasteiger partial charge in [-0.15, -0.1) is 0 Å². The summed E-state index contributed by atoms with van der Waals surface area (Å²) in [5.41, 5.74) is 0.977. The van der Waals surface area contributed by atoms with Crippen LogP contribution in [0.15, 0.2) is 47.3 Å². The number of fused-ring (bicyclic) bond motifs is 2. The van der Waals surface area contributed by atoms with Gasteiger partial charge in [0.2, 0.25) is 0 Å². The van der Waals surface area contributed by atoms with Gasteiger partial charge in [0.1, 0.15) is 5.82 Å². The summed E-state index contributed by atoms with van der Waals surface area (Å²) in [7, 11) is 0. The van der Waals surface area contributed by atoms with Crippen LogP contribution in [0.2, 0.25) is 0 Å². The number of carbonyl (C=O) groups excluding carboxylic acids is 1. The van der Waals surface area contributed by atoms with E-state index in [2.05, 4.69) is 10.3 Å². The number of hydrogen-bond acceptors (Lipinski definition) is 5. The first-order valence-corrected chi connectivity index (χ1v) is 9.12. The van der Waals surface area contributed by atoms with Crippen molar-refractivity contribution in [1.29, 1.82) is 0 Å². The molecule has 0 saturated carbocycles. The van der Waals surface area contributed by atoms with Crippen LogP contribution in [-0.2, 0) is 13.0 Å². The van der Waals surface area contributed by atoms with E-state index in [1.54, 1.807) is 28.8 Å². The number of carbonyl (C=O) groups is 1. The summed E-state index contributed by atoms with van der Waals surface area (Å²) in [6, 6.07) is 10.5. The number of nitrogens with one attached hydrogen (secondary N) is 1. The third-order valence-corrected chi connectivity index (χ3v) is 4.89. The molecule has 8 nitrogen and oxygen atoms in total. The summed E-state index contributed by atoms with van der Waals surface area (Å²) in [5.74, 6) is 0.338. The van der Waals surface area contributed by atoms with Crippen LogP contribution >= 0.6 is 0 Å². The van der Waals surface area contributed by atoms with Crippen LogP contribution in [0.1, 0.15) is 35.4 Å². The highest BCUT2D eigenvalue weighted by atomic mass is 16.6. The molecule has 142 valence electrons. The number of anilines is 1. The van der Waals surface area contributed by atoms with E-state index in [-0.39, 0.29) is 11.2 Å². The predicted octanol–water partition coefficient (Wildman–Crippen LogP) is 3.28. The number of nitro groups is 1. The number of nitro benzene ring substituents is 1. The zero-order valence-corrected chi connectivity index (χ0v) is 15.1. The Bertz CT molecular complexity index is 1150. The van der Waals surface area contributed by atoms with Crippen molar-refractivity contribution >= 4 is 28.2 Å². The van der Waals surface area contributed by atoms with Crippen LogP contribution in [0.25, 0.3) is 10.9 Å². The fraction of sp³-hybridized carbons (Fsp3) is 0.250. The molecule has 2 heterocycles. The molecule has 0 spiro atoms. The van der Waals surface area contributed by atoms with Crippen molar-refractivity contribution in [3.8, 4) is 0 Å². The van der Waals surface area contributed by atoms with Crippen LogP contribution in [0.4, 0.5) is 11.4 Å². The molecule has 0 aliphatic carbocycles. The molecule has 8 heteroatoms. The van der Waals surface area contributed by atoms with Crippen molar-refractivity contribution in [2.24, 2.45) is 0 Å². The minimum atomic E-state index is -0.519. The normalized spacial score (nSPS) is 13.6. The molecule has 1 N–H and O–H groups in total. The Labute approximate surface area is 160 Å². The predicted molar refractivity (Wildman–Crippen MR) is 105 cm³/mol. The van der Waals surface area contributed by atoms with Gasteiger partial charge in [-0.2, -0.15) is 0 Å². The molecule has 28 heavy (non-hydrogen) atoms. The van der Waals surface area contributed by atoms with Gasteiger partial charge in [-0.1, -0.05) is 12.5 Å². The van der Waals surface area contributed by atoms with E-state index in [0.29, 0.717) is 28.7 Å². The van der Waals surface area contributed by atoms with Crippen molar-refractivity contribution in [3.63, 3.8) is 0 Å². The molecular weight excluding hydrogens is 360 g/mol. The molecule has 4 rings (SSSR count). The second-order valence-electron chi connectivity index (χ2n) is 6.79. The maximum atomic E-state index is 12.8. The van der Waals surface area contributed by atoms with Gasteiger partial charge in [0.25, 0.3) is 17.2 Å². The average molecular weight is 378 g/mol. The summed E-state index contributed by atoms with van der Waals surface area (Å²) >= 11 is 0. The van der Waals surface area contributed by atoms with Crippen LogP contribution in [-0.4, -0.2) is 20.4 Å². The molecule has 1 aliphatic rings. The topological polar surface area (TPSA) is 107 Å². The standard InChI is InChI=1S/C20H18N4O4/c25-19(21-14-5-4-6-15(12-14)24(27)28)13-8-9-16-17(11-13)22-18-7-2-1-3-10-23(18)20(16)26/h4-6,8-9,11-12H,1-3,7,10H2,(H,21,25). The SMILES string of the molecule is O=C(Nc1cccc([N+](=O)[O-])c1)c1ccc2c(=O)n3c(nc2c1)CCCCC3. The minimum absolute atomic E-state index is 0.0763. The number of aromatic nitrogens is 2. The van der Waals surface area contributed by atoms with E-state index >= 15 is 0 Å². The number of rotatable bonds is 3. The number of aryl methyl sites for hydroxylation is 1. The molecule has 0 radical (unpaired) electrons. The Morgan fingerprint density at radius 2 is 2.00 bits per heavy atom. The van der Waals surface area contributed by atoms with Gasteiger partial charge in [-0.3, -0.25) is 24.3 Å². The molecule has 1 aliphatic heterocycles. The first-order valence-electron chi connectivity index (χ1n) is 9.12. The Hall–Kier alpha value is -3.55. The van der Waals surface area contributed by atoms with Crippen LogP contribution in [0.3, 0.4) is 0 Å². The van der Waals surface area contributed by atoms with Crippen LogP contribution < -0.4 is 10.9 Å². The Kier molecular flexibility index (Phi) is 4.60. The maximum absolute atomic E-state index is 12.8. The van der Waals surface area contributed by atoms with E-state index < -0.39 is 10.8 Å². The van der Waals surface area contributed by atoms with Crippen LogP contribution in [0, 0.1) is 10.1 Å². The fourth-order valence-electron chi connectivity index (χ4n) is 3.46. The number of nitrogens with zero attached hydrogens (tertiary/aromatic N) is 3. The molecule has 2 aromatic carbocycles. The van der Waals surface area contributed by atoms with Crippen molar-refractivity contribution in [1.82, 2.24) is 9.55 Å². The van der Waals surface area contributed by atoms with Crippen molar-refractivity contribution < 1.29 is 9.72 Å². The Morgan fingerprint density at radius 3 is 2.82 bits per heavy atom. The van der Waals surface area contributed by atoms with Crippen LogP contribution in [0.5, 0.6) is 0 Å². The molecule has 0 atom stereocenters. The second-order valence-corrected chi connectivity index (χ2v) is 6.79. The molecule has 0 bridgehead atoms. The smallest absolute Gasteiger partial charge is 0.271 e. The number of benzene rings is 2. The molecule has 0 saturated heterocycles. The lowest BCUT2D eigenvalue weighted by molar-refractivity contribution is -0.384. The zero-order chi connectivity index (χ0) is 19.7. The van der Waals surface area contributed by atoms with Gasteiger partial charge in [-0.25, -0.2) is 4.98 Å². The third kappa shape index (κ3) is 3.36. The summed E-state index contributed by atoms with van der Waals surface area (Å²) in [4.78, 5) is 40.3. The highest BCUT2D eigenvalue weighted by molar-refractivity contribution is 6.06. The van der Waals surface area contributed by atoms with Gasteiger partial charge < -0.3 is 5.32 Å². The lowest BCUT2D eigenvalue weighted by Gasteiger charge is -2.11. The van der Waals surface area contributed by atoms with Gasteiger partial charge in [0, 0.05) is 36.3 Å². The summed E-state index contributed by atoms with van der Waals surface area (Å²) in [6.45, 7) is 0.673. The molecule has 1 amide bonds. The summed E-state index contributed by atoms with van der Waals surface area (Å²) < 4.78 is 1.73. The lowest BCUT2D eigenvalue weighted by Crippen LogP contribution is -2.24. The minimum Gasteiger partial charge on any atom is -0.322 e. The van der Waals surface area contributed by atoms with E-state index in [4.69, 9.17) is 0 Å². The first kappa shape index (κ1) is 17.8. The number of hydrogen-bond donors (Lipinski definition) is 1. The number of non-ortho nitro benzene ring substituents is 1. The monoisotopic (exact) mass is 378 g/mol. The van der Waals surface area contributed by atoms with Crippen molar-refractivity contribution in [2.75, 3.05) is 5.32 Å². The van der Waals surface area contributed by atoms with E-state index in [9.17, 15) is 19.7 Å². The average Bonchev–Trinajstić information content (AvgIpc) is 2.93. The molecule has 0 fully saturated rings. The lowest BCUT2D eigenvalue weighted by atomic mass is 10.1. The Balaban J connectivity index is 1.67. The maximum Gasteiger partial charge on any atom is 0.271 e. The van der Waals surface area contributed by atoms with Crippen molar-refractivity contribution in [2.45, 2.75) is 32.2 Å². The van der Waals surface area contributed by atoms with E-state index in [1.807, 2.05) is 0 Å². The number of amides is 1. The van der Waals surface area contributed by atoms with Gasteiger partial charge in [0.15, 0.2) is 0 Å². The van der Waals surface area contributed by atoms with Gasteiger partial charge in [0.05, 0.1) is 15.8 Å². The molecule has 0 unspecified atom stereocenters. The first-order chi connectivity index (χ1) is 13.5. The molecular formula is C20H18N4O4. The van der Waals surface area contributed by atoms with Gasteiger partial charge in [-0.05, 0) is 37.1 Å². The highest BCUT2D eigenvalue weighted by Crippen LogP contribution is 2.20. The highest BCUT2D eigenvalue weighted by Gasteiger charge is 2.16. The largest absolute Gasteiger partial charge is 0.322 e. The third-order valence-electron chi connectivity index (χ3n) is 4.89. The van der Waals surface area contributed by atoms with E-state index in [0.717, 1.165) is 31.5 Å². The second kappa shape index (κ2) is 7.22. The van der Waals surface area contributed by atoms with E-state index in [1.165, 1.54) is 18.2 Å².